The summed E-state index contributed by atoms with van der Waals surface area (Å²) >= 11 is 0. The molecule has 0 radical (unpaired) electrons. The van der Waals surface area contributed by atoms with E-state index in [1.54, 1.807) is 0 Å². The first-order valence-corrected chi connectivity index (χ1v) is 3.56. The molecule has 0 aromatic carbocycles. The minimum Gasteiger partial charge on any atom is -0.350 e. The topological polar surface area (TPSA) is 29.1 Å². The molecule has 0 saturated heterocycles. The molecule has 58 valence electrons. The van der Waals surface area contributed by atoms with E-state index in [1.807, 2.05) is 20.8 Å². The third-order valence-electron chi connectivity index (χ3n) is 1.17. The molecule has 0 aliphatic carbocycles. The number of carbonyl (C=O) groups excluding carboxylic acids is 1. The Hall–Kier alpha value is -0.790. The predicted molar refractivity (Wildman–Crippen MR) is 42.7 cm³/mol. The van der Waals surface area contributed by atoms with Crippen molar-refractivity contribution in [3.63, 3.8) is 0 Å². The van der Waals surface area contributed by atoms with Crippen LogP contribution in [0.4, 0.5) is 0 Å². The molecule has 0 rings (SSSR count). The van der Waals surface area contributed by atoms with Crippen molar-refractivity contribution in [2.45, 2.75) is 33.2 Å². The lowest BCUT2D eigenvalue weighted by molar-refractivity contribution is -0.118. The lowest BCUT2D eigenvalue weighted by Crippen LogP contribution is -2.30. The zero-order valence-electron chi connectivity index (χ0n) is 6.90. The molecule has 0 atom stereocenters. The van der Waals surface area contributed by atoms with Gasteiger partial charge in [0, 0.05) is 11.6 Å². The third-order valence-corrected chi connectivity index (χ3v) is 1.17. The van der Waals surface area contributed by atoms with Crippen LogP contribution in [0.25, 0.3) is 0 Å². The van der Waals surface area contributed by atoms with Gasteiger partial charge in [-0.2, -0.15) is 0 Å². The minimum atomic E-state index is -0.0301. The Morgan fingerprint density at radius 3 is 2.40 bits per heavy atom. The second-order valence-electron chi connectivity index (χ2n) is 2.59. The van der Waals surface area contributed by atoms with Crippen LogP contribution in [-0.2, 0) is 4.79 Å². The number of nitrogens with one attached hydrogen (secondary N) is 1. The molecule has 10 heavy (non-hydrogen) atoms. The van der Waals surface area contributed by atoms with Gasteiger partial charge in [0.2, 0.25) is 5.91 Å². The van der Waals surface area contributed by atoms with Gasteiger partial charge in [0.15, 0.2) is 0 Å². The van der Waals surface area contributed by atoms with E-state index in [2.05, 4.69) is 11.9 Å². The molecule has 0 unspecified atom stereocenters. The first-order valence-electron chi connectivity index (χ1n) is 3.56. The summed E-state index contributed by atoms with van der Waals surface area (Å²) in [5.41, 5.74) is 0.647. The van der Waals surface area contributed by atoms with E-state index in [-0.39, 0.29) is 11.9 Å². The Morgan fingerprint density at radius 2 is 2.10 bits per heavy atom. The molecule has 0 fully saturated rings. The normalized spacial score (nSPS) is 9.60. The average Bonchev–Trinajstić information content (AvgIpc) is 1.85. The van der Waals surface area contributed by atoms with Gasteiger partial charge < -0.3 is 5.32 Å². The van der Waals surface area contributed by atoms with Crippen molar-refractivity contribution in [1.29, 1.82) is 0 Å². The average molecular weight is 141 g/mol. The lowest BCUT2D eigenvalue weighted by atomic mass is 10.2. The minimum absolute atomic E-state index is 0.0301. The number of rotatable bonds is 3. The van der Waals surface area contributed by atoms with Crippen molar-refractivity contribution in [3.05, 3.63) is 12.2 Å². The van der Waals surface area contributed by atoms with Gasteiger partial charge in [-0.05, 0) is 20.3 Å². The van der Waals surface area contributed by atoms with E-state index in [4.69, 9.17) is 0 Å². The van der Waals surface area contributed by atoms with Crippen molar-refractivity contribution < 1.29 is 4.79 Å². The van der Waals surface area contributed by atoms with Crippen molar-refractivity contribution in [3.8, 4) is 0 Å². The third kappa shape index (κ3) is 3.28. The number of hydrogen-bond acceptors (Lipinski definition) is 1. The molecule has 0 spiro atoms. The highest BCUT2D eigenvalue weighted by atomic mass is 16.1. The maximum atomic E-state index is 11.0. The summed E-state index contributed by atoms with van der Waals surface area (Å²) < 4.78 is 0. The second-order valence-corrected chi connectivity index (χ2v) is 2.59. The van der Waals surface area contributed by atoms with Crippen molar-refractivity contribution >= 4 is 5.91 Å². The Kier molecular flexibility index (Phi) is 3.77. The van der Waals surface area contributed by atoms with Crippen LogP contribution in [0.1, 0.15) is 27.2 Å². The maximum absolute atomic E-state index is 11.0. The van der Waals surface area contributed by atoms with Crippen molar-refractivity contribution in [2.24, 2.45) is 0 Å². The fourth-order valence-corrected chi connectivity index (χ4v) is 0.525. The van der Waals surface area contributed by atoms with Crippen LogP contribution in [-0.4, -0.2) is 11.9 Å². The summed E-state index contributed by atoms with van der Waals surface area (Å²) in [6, 6.07) is 0.204. The fraction of sp³-hybridized carbons (Fsp3) is 0.625. The van der Waals surface area contributed by atoms with Gasteiger partial charge in [-0.3, -0.25) is 4.79 Å². The highest BCUT2D eigenvalue weighted by molar-refractivity contribution is 5.92. The van der Waals surface area contributed by atoms with E-state index in [9.17, 15) is 4.79 Å². The molecule has 0 bridgehead atoms. The quantitative estimate of drug-likeness (QED) is 0.592. The van der Waals surface area contributed by atoms with E-state index in [1.165, 1.54) is 0 Å². The SMILES string of the molecule is C=C(CC)C(=O)NC(C)C. The van der Waals surface area contributed by atoms with Gasteiger partial charge in [0.1, 0.15) is 0 Å². The van der Waals surface area contributed by atoms with Crippen LogP contribution in [0.3, 0.4) is 0 Å². The Bertz CT molecular complexity index is 138. The number of carbonyl (C=O) groups is 1. The van der Waals surface area contributed by atoms with Crippen LogP contribution in [0.15, 0.2) is 12.2 Å². The van der Waals surface area contributed by atoms with E-state index in [0.29, 0.717) is 5.57 Å². The first-order chi connectivity index (χ1) is 4.57. The first kappa shape index (κ1) is 9.21. The second kappa shape index (κ2) is 4.09. The standard InChI is InChI=1S/C8H15NO/c1-5-7(4)8(10)9-6(2)3/h6H,4-5H2,1-3H3,(H,9,10). The Labute approximate surface area is 62.3 Å². The summed E-state index contributed by atoms with van der Waals surface area (Å²) in [6.45, 7) is 9.40. The molecule has 0 heterocycles. The van der Waals surface area contributed by atoms with Crippen LogP contribution in [0.2, 0.25) is 0 Å². The molecule has 0 aromatic heterocycles. The largest absolute Gasteiger partial charge is 0.350 e. The fourth-order valence-electron chi connectivity index (χ4n) is 0.525. The van der Waals surface area contributed by atoms with Crippen LogP contribution in [0.5, 0.6) is 0 Å². The van der Waals surface area contributed by atoms with Gasteiger partial charge in [-0.1, -0.05) is 13.5 Å². The van der Waals surface area contributed by atoms with Crippen LogP contribution < -0.4 is 5.32 Å². The van der Waals surface area contributed by atoms with Crippen molar-refractivity contribution in [1.82, 2.24) is 5.32 Å². The zero-order chi connectivity index (χ0) is 8.15. The molecular weight excluding hydrogens is 126 g/mol. The van der Waals surface area contributed by atoms with Crippen molar-refractivity contribution in [2.75, 3.05) is 0 Å². The molecule has 0 saturated carbocycles. The Morgan fingerprint density at radius 1 is 1.60 bits per heavy atom. The number of amides is 1. The molecule has 1 amide bonds. The summed E-state index contributed by atoms with van der Waals surface area (Å²) in [5.74, 6) is -0.0301. The van der Waals surface area contributed by atoms with Crippen LogP contribution in [0, 0.1) is 0 Å². The maximum Gasteiger partial charge on any atom is 0.246 e. The molecule has 1 N–H and O–H groups in total. The van der Waals surface area contributed by atoms with Gasteiger partial charge in [0.25, 0.3) is 0 Å². The summed E-state index contributed by atoms with van der Waals surface area (Å²) in [6.07, 6.45) is 0.721. The molecule has 2 heteroatoms. The number of hydrogen-bond donors (Lipinski definition) is 1. The highest BCUT2D eigenvalue weighted by Crippen LogP contribution is 1.95. The lowest BCUT2D eigenvalue weighted by Gasteiger charge is -2.08. The van der Waals surface area contributed by atoms with Gasteiger partial charge >= 0.3 is 0 Å². The smallest absolute Gasteiger partial charge is 0.246 e. The summed E-state index contributed by atoms with van der Waals surface area (Å²) in [7, 11) is 0. The predicted octanol–water partition coefficient (Wildman–Crippen LogP) is 1.48. The van der Waals surface area contributed by atoms with E-state index < -0.39 is 0 Å². The molecule has 2 nitrogen and oxygen atoms in total. The zero-order valence-corrected chi connectivity index (χ0v) is 6.90. The molecule has 0 aliphatic rings. The van der Waals surface area contributed by atoms with Crippen LogP contribution >= 0.6 is 0 Å². The molecular formula is C8H15NO. The summed E-state index contributed by atoms with van der Waals surface area (Å²) in [4.78, 5) is 11.0. The van der Waals surface area contributed by atoms with Gasteiger partial charge in [-0.25, -0.2) is 0 Å². The summed E-state index contributed by atoms with van der Waals surface area (Å²) in [5, 5.41) is 2.75. The highest BCUT2D eigenvalue weighted by Gasteiger charge is 2.04. The monoisotopic (exact) mass is 141 g/mol. The van der Waals surface area contributed by atoms with Gasteiger partial charge in [0.05, 0.1) is 0 Å². The van der Waals surface area contributed by atoms with Gasteiger partial charge in [-0.15, -0.1) is 0 Å². The van der Waals surface area contributed by atoms with E-state index >= 15 is 0 Å². The Balaban J connectivity index is 3.74. The molecule has 0 aliphatic heterocycles. The van der Waals surface area contributed by atoms with E-state index in [0.717, 1.165) is 6.42 Å². The molecule has 0 aromatic rings.